The molecule has 2 atom stereocenters. The van der Waals surface area contributed by atoms with Crippen LogP contribution in [0, 0.1) is 17.6 Å². The molecule has 2 aromatic rings. The molecule has 2 N–H and O–H groups in total. The van der Waals surface area contributed by atoms with Crippen LogP contribution in [0.1, 0.15) is 25.1 Å². The van der Waals surface area contributed by atoms with Crippen LogP contribution >= 0.6 is 11.8 Å². The van der Waals surface area contributed by atoms with Gasteiger partial charge >= 0.3 is 0 Å². The van der Waals surface area contributed by atoms with Crippen molar-refractivity contribution in [2.45, 2.75) is 36.4 Å². The molecule has 2 saturated heterocycles. The molecule has 1 aromatic heterocycles. The molecular weight excluding hydrogens is 429 g/mol. The molecule has 4 rings (SSSR count). The monoisotopic (exact) mass is 456 g/mol. The van der Waals surface area contributed by atoms with E-state index in [1.807, 2.05) is 11.9 Å². The number of likely N-dealkylation sites (tertiary alicyclic amines) is 1. The Morgan fingerprint density at radius 2 is 2.06 bits per heavy atom. The normalized spacial score (nSPS) is 23.4. The molecule has 1 aromatic carbocycles. The van der Waals surface area contributed by atoms with Crippen molar-refractivity contribution in [1.29, 1.82) is 0 Å². The molecule has 0 saturated carbocycles. The van der Waals surface area contributed by atoms with Crippen molar-refractivity contribution >= 4 is 28.4 Å². The molecule has 0 aliphatic carbocycles. The number of rotatable bonds is 6. The predicted molar refractivity (Wildman–Crippen MR) is 116 cm³/mol. The molecule has 2 unspecified atom stereocenters. The van der Waals surface area contributed by atoms with E-state index in [2.05, 4.69) is 15.3 Å². The molecule has 0 radical (unpaired) electrons. The number of piperidine rings is 1. The van der Waals surface area contributed by atoms with Crippen LogP contribution < -0.4 is 10.9 Å². The number of fused-ring (bicyclic) bond motifs is 1. The van der Waals surface area contributed by atoms with Crippen LogP contribution in [0.2, 0.25) is 0 Å². The van der Waals surface area contributed by atoms with Gasteiger partial charge in [-0.2, -0.15) is 11.8 Å². The molecule has 0 spiro atoms. The van der Waals surface area contributed by atoms with Crippen LogP contribution in [0.5, 0.6) is 0 Å². The third-order valence-corrected chi connectivity index (χ3v) is 7.37. The Hall–Kier alpha value is -1.78. The van der Waals surface area contributed by atoms with Crippen LogP contribution in [0.4, 0.5) is 18.9 Å². The zero-order valence-corrected chi connectivity index (χ0v) is 18.2. The Morgan fingerprint density at radius 3 is 2.81 bits per heavy atom. The molecular formula is C21H27F3N4O2S. The third kappa shape index (κ3) is 5.18. The Labute approximate surface area is 182 Å². The summed E-state index contributed by atoms with van der Waals surface area (Å²) in [7, 11) is 1.86. The van der Waals surface area contributed by atoms with Crippen LogP contribution in [0.3, 0.4) is 0 Å². The molecule has 6 nitrogen and oxygen atoms in total. The van der Waals surface area contributed by atoms with Gasteiger partial charge in [0.1, 0.15) is 17.4 Å². The average Bonchev–Trinajstić information content (AvgIpc) is 2.75. The fourth-order valence-electron chi connectivity index (χ4n) is 4.10. The maximum Gasteiger partial charge on any atom is 0.261 e. The summed E-state index contributed by atoms with van der Waals surface area (Å²) in [5.41, 5.74) is -0.708. The van der Waals surface area contributed by atoms with Gasteiger partial charge in [-0.1, -0.05) is 0 Å². The first-order chi connectivity index (χ1) is 14.9. The fraction of sp³-hybridized carbons (Fsp3) is 0.619. The number of nitrogens with zero attached hydrogens (tertiary/aromatic N) is 2. The highest BCUT2D eigenvalue weighted by Gasteiger charge is 2.28. The number of hydrogen-bond donors (Lipinski definition) is 2. The highest BCUT2D eigenvalue weighted by atomic mass is 32.2. The van der Waals surface area contributed by atoms with E-state index in [-0.39, 0.29) is 23.7 Å². The summed E-state index contributed by atoms with van der Waals surface area (Å²) in [6, 6.07) is 1.34. The lowest BCUT2D eigenvalue weighted by atomic mass is 9.95. The number of aromatic amines is 1. The second-order valence-electron chi connectivity index (χ2n) is 8.29. The van der Waals surface area contributed by atoms with Crippen molar-refractivity contribution in [3.8, 4) is 0 Å². The molecule has 0 amide bonds. The Balaban J connectivity index is 1.52. The van der Waals surface area contributed by atoms with Crippen LogP contribution in [0.25, 0.3) is 10.9 Å². The van der Waals surface area contributed by atoms with Gasteiger partial charge in [0.05, 0.1) is 17.0 Å². The predicted octanol–water partition coefficient (Wildman–Crippen LogP) is 3.32. The summed E-state index contributed by atoms with van der Waals surface area (Å²) in [5, 5.41) is 2.86. The fourth-order valence-corrected chi connectivity index (χ4v) is 5.15. The van der Waals surface area contributed by atoms with Gasteiger partial charge in [-0.05, 0) is 38.9 Å². The van der Waals surface area contributed by atoms with E-state index in [0.717, 1.165) is 32.6 Å². The van der Waals surface area contributed by atoms with Gasteiger partial charge in [0.25, 0.3) is 5.56 Å². The Bertz CT molecular complexity index is 983. The summed E-state index contributed by atoms with van der Waals surface area (Å²) < 4.78 is 48.8. The molecule has 10 heteroatoms. The van der Waals surface area contributed by atoms with Crippen molar-refractivity contribution in [2.75, 3.05) is 45.2 Å². The van der Waals surface area contributed by atoms with Crippen molar-refractivity contribution in [1.82, 2.24) is 14.9 Å². The van der Waals surface area contributed by atoms with Gasteiger partial charge in [0.15, 0.2) is 11.6 Å². The second kappa shape index (κ2) is 9.79. The number of H-pyrrole nitrogens is 1. The zero-order valence-electron chi connectivity index (χ0n) is 17.4. The topological polar surface area (TPSA) is 70.2 Å². The summed E-state index contributed by atoms with van der Waals surface area (Å²) in [5.74, 6) is -1.78. The van der Waals surface area contributed by atoms with Crippen molar-refractivity contribution in [3.05, 3.63) is 33.9 Å². The number of aromatic nitrogens is 2. The molecule has 2 aliphatic rings. The summed E-state index contributed by atoms with van der Waals surface area (Å²) in [6.07, 6.45) is 1.47. The number of nitrogens with one attached hydrogen (secondary N) is 2. The maximum atomic E-state index is 14.6. The second-order valence-corrected chi connectivity index (χ2v) is 9.58. The molecule has 31 heavy (non-hydrogen) atoms. The van der Waals surface area contributed by atoms with Gasteiger partial charge < -0.3 is 19.9 Å². The quantitative estimate of drug-likeness (QED) is 0.695. The molecule has 3 heterocycles. The number of ether oxygens (including phenoxy) is 1. The minimum Gasteiger partial charge on any atom is -0.382 e. The smallest absolute Gasteiger partial charge is 0.261 e. The highest BCUT2D eigenvalue weighted by Crippen LogP contribution is 2.28. The Morgan fingerprint density at radius 1 is 1.29 bits per heavy atom. The number of halogens is 3. The average molecular weight is 457 g/mol. The maximum absolute atomic E-state index is 14.6. The number of alkyl halides is 1. The van der Waals surface area contributed by atoms with Gasteiger partial charge in [-0.25, -0.2) is 18.2 Å². The largest absolute Gasteiger partial charge is 0.382 e. The lowest BCUT2D eigenvalue weighted by Gasteiger charge is -2.32. The Kier molecular flexibility index (Phi) is 7.08. The number of thioether (sulfide) groups is 1. The number of benzene rings is 1. The summed E-state index contributed by atoms with van der Waals surface area (Å²) in [6.45, 7) is 2.71. The third-order valence-electron chi connectivity index (χ3n) is 5.98. The molecule has 2 aliphatic heterocycles. The van der Waals surface area contributed by atoms with E-state index in [9.17, 15) is 18.0 Å². The summed E-state index contributed by atoms with van der Waals surface area (Å²) in [4.78, 5) is 21.3. The molecule has 2 fully saturated rings. The van der Waals surface area contributed by atoms with Crippen molar-refractivity contribution in [3.63, 3.8) is 0 Å². The van der Waals surface area contributed by atoms with E-state index in [0.29, 0.717) is 29.8 Å². The van der Waals surface area contributed by atoms with E-state index in [1.165, 1.54) is 6.07 Å². The number of anilines is 1. The molecule has 0 bridgehead atoms. The van der Waals surface area contributed by atoms with E-state index in [4.69, 9.17) is 4.74 Å². The first kappa shape index (κ1) is 22.4. The minimum atomic E-state index is -1.24. The van der Waals surface area contributed by atoms with Crippen LogP contribution in [-0.4, -0.2) is 66.2 Å². The van der Waals surface area contributed by atoms with E-state index in [1.54, 1.807) is 11.8 Å². The van der Waals surface area contributed by atoms with Gasteiger partial charge in [0.2, 0.25) is 0 Å². The number of hydrogen-bond acceptors (Lipinski definition) is 6. The SMILES string of the molecule is CN1CCC(CNc2cc3nc(CSC4CCOCC4)[nH]c(=O)c3c(F)c2F)C(F)C1. The first-order valence-corrected chi connectivity index (χ1v) is 11.6. The van der Waals surface area contributed by atoms with Crippen molar-refractivity contribution in [2.24, 2.45) is 5.92 Å². The lowest BCUT2D eigenvalue weighted by Crippen LogP contribution is -2.42. The van der Waals surface area contributed by atoms with Gasteiger partial charge in [-0.15, -0.1) is 0 Å². The highest BCUT2D eigenvalue weighted by molar-refractivity contribution is 7.99. The van der Waals surface area contributed by atoms with Crippen LogP contribution in [0.15, 0.2) is 10.9 Å². The summed E-state index contributed by atoms with van der Waals surface area (Å²) >= 11 is 1.67. The standard InChI is InChI=1S/C21H27F3N4O2S/c1-28-5-2-12(14(22)10-28)9-25-16-8-15-18(20(24)19(16)23)21(29)27-17(26-15)11-31-13-3-6-30-7-4-13/h8,12-14,25H,2-7,9-11H2,1H3,(H,26,27,29). The zero-order chi connectivity index (χ0) is 22.0. The van der Waals surface area contributed by atoms with Gasteiger partial charge in [0, 0.05) is 37.5 Å². The first-order valence-electron chi connectivity index (χ1n) is 10.6. The van der Waals surface area contributed by atoms with Crippen molar-refractivity contribution < 1.29 is 17.9 Å². The van der Waals surface area contributed by atoms with Gasteiger partial charge in [-0.3, -0.25) is 4.79 Å². The molecule has 170 valence electrons. The lowest BCUT2D eigenvalue weighted by molar-refractivity contribution is 0.1000. The van der Waals surface area contributed by atoms with Crippen LogP contribution in [-0.2, 0) is 10.5 Å². The van der Waals surface area contributed by atoms with E-state index >= 15 is 0 Å². The minimum absolute atomic E-state index is 0.0907. The van der Waals surface area contributed by atoms with E-state index < -0.39 is 28.8 Å².